The lowest BCUT2D eigenvalue weighted by molar-refractivity contribution is -0.116. The average Bonchev–Trinajstić information content (AvgIpc) is 2.93. The van der Waals surface area contributed by atoms with E-state index in [9.17, 15) is 4.79 Å². The van der Waals surface area contributed by atoms with Crippen LogP contribution in [0.3, 0.4) is 0 Å². The second kappa shape index (κ2) is 8.87. The molecule has 1 aromatic carbocycles. The number of nitrogens with one attached hydrogen (secondary N) is 1. The number of amides is 1. The number of anilines is 1. The van der Waals surface area contributed by atoms with E-state index in [1.165, 1.54) is 18.4 Å². The predicted octanol–water partition coefficient (Wildman–Crippen LogP) is 4.66. The monoisotopic (exact) mass is 370 g/mol. The molecule has 5 heteroatoms. The molecule has 1 fully saturated rings. The van der Waals surface area contributed by atoms with Crippen molar-refractivity contribution in [2.24, 2.45) is 11.8 Å². The number of hydrogen-bond acceptors (Lipinski definition) is 3. The zero-order chi connectivity index (χ0) is 19.4. The number of piperidine rings is 1. The van der Waals surface area contributed by atoms with Crippen LogP contribution in [0.15, 0.2) is 18.2 Å². The second-order valence-electron chi connectivity index (χ2n) is 8.49. The van der Waals surface area contributed by atoms with E-state index >= 15 is 0 Å². The van der Waals surface area contributed by atoms with Crippen LogP contribution >= 0.6 is 0 Å². The van der Waals surface area contributed by atoms with Gasteiger partial charge in [0.1, 0.15) is 5.82 Å². The minimum atomic E-state index is 0.0694. The van der Waals surface area contributed by atoms with E-state index in [0.29, 0.717) is 12.3 Å². The molecule has 1 aromatic heterocycles. The molecular weight excluding hydrogens is 336 g/mol. The lowest BCUT2D eigenvalue weighted by atomic mass is 9.99. The Kier molecular flexibility index (Phi) is 6.53. The number of imidazole rings is 1. The summed E-state index contributed by atoms with van der Waals surface area (Å²) in [5.74, 6) is 2.41. The van der Waals surface area contributed by atoms with Gasteiger partial charge in [-0.1, -0.05) is 27.7 Å². The van der Waals surface area contributed by atoms with E-state index < -0.39 is 0 Å². The summed E-state index contributed by atoms with van der Waals surface area (Å²) in [7, 11) is 0. The molecule has 1 saturated heterocycles. The van der Waals surface area contributed by atoms with Gasteiger partial charge >= 0.3 is 0 Å². The summed E-state index contributed by atoms with van der Waals surface area (Å²) in [6, 6.07) is 6.12. The molecule has 0 spiro atoms. The Morgan fingerprint density at radius 3 is 2.70 bits per heavy atom. The quantitative estimate of drug-likeness (QED) is 0.771. The SMILES string of the molecule is CCCn1c(CN2CCC(C)CC2)nc2cc(NC(=O)CC(C)C)ccc21. The molecule has 0 bridgehead atoms. The van der Waals surface area contributed by atoms with Crippen molar-refractivity contribution in [2.45, 2.75) is 66.5 Å². The maximum atomic E-state index is 12.1. The van der Waals surface area contributed by atoms with E-state index in [-0.39, 0.29) is 5.91 Å². The Morgan fingerprint density at radius 1 is 1.30 bits per heavy atom. The molecule has 1 amide bonds. The smallest absolute Gasteiger partial charge is 0.224 e. The molecular formula is C22H34N4O. The van der Waals surface area contributed by atoms with E-state index in [1.807, 2.05) is 12.1 Å². The number of fused-ring (bicyclic) bond motifs is 1. The molecule has 27 heavy (non-hydrogen) atoms. The van der Waals surface area contributed by atoms with E-state index in [4.69, 9.17) is 4.98 Å². The standard InChI is InChI=1S/C22H34N4O/c1-5-10-26-20-7-6-18(23-22(27)13-16(2)3)14-19(20)24-21(26)15-25-11-8-17(4)9-12-25/h6-7,14,16-17H,5,8-13,15H2,1-4H3,(H,23,27). The predicted molar refractivity (Wildman–Crippen MR) is 112 cm³/mol. The molecule has 1 aliphatic heterocycles. The van der Waals surface area contributed by atoms with Gasteiger partial charge in [-0.25, -0.2) is 4.98 Å². The Balaban J connectivity index is 1.80. The fraction of sp³-hybridized carbons (Fsp3) is 0.636. The van der Waals surface area contributed by atoms with Crippen LogP contribution in [0, 0.1) is 11.8 Å². The Labute approximate surface area is 163 Å². The molecule has 2 heterocycles. The lowest BCUT2D eigenvalue weighted by Crippen LogP contribution is -2.33. The highest BCUT2D eigenvalue weighted by atomic mass is 16.1. The number of aromatic nitrogens is 2. The first-order valence-electron chi connectivity index (χ1n) is 10.5. The topological polar surface area (TPSA) is 50.2 Å². The van der Waals surface area contributed by atoms with Gasteiger partial charge < -0.3 is 9.88 Å². The van der Waals surface area contributed by atoms with Crippen molar-refractivity contribution in [3.8, 4) is 0 Å². The molecule has 0 radical (unpaired) electrons. The number of benzene rings is 1. The molecule has 5 nitrogen and oxygen atoms in total. The van der Waals surface area contributed by atoms with Crippen molar-refractivity contribution >= 4 is 22.6 Å². The van der Waals surface area contributed by atoms with Crippen LogP contribution in [0.4, 0.5) is 5.69 Å². The van der Waals surface area contributed by atoms with Crippen molar-refractivity contribution in [1.29, 1.82) is 0 Å². The summed E-state index contributed by atoms with van der Waals surface area (Å²) >= 11 is 0. The normalized spacial score (nSPS) is 16.3. The van der Waals surface area contributed by atoms with Gasteiger partial charge in [-0.15, -0.1) is 0 Å². The molecule has 3 rings (SSSR count). The van der Waals surface area contributed by atoms with E-state index in [1.54, 1.807) is 0 Å². The third kappa shape index (κ3) is 5.10. The Bertz CT molecular complexity index is 772. The number of rotatable bonds is 7. The number of likely N-dealkylation sites (tertiary alicyclic amines) is 1. The molecule has 0 atom stereocenters. The van der Waals surface area contributed by atoms with Crippen molar-refractivity contribution in [1.82, 2.24) is 14.5 Å². The van der Waals surface area contributed by atoms with Gasteiger partial charge in [0.15, 0.2) is 0 Å². The summed E-state index contributed by atoms with van der Waals surface area (Å²) in [4.78, 5) is 19.5. The van der Waals surface area contributed by atoms with Gasteiger partial charge in [-0.05, 0) is 62.4 Å². The lowest BCUT2D eigenvalue weighted by Gasteiger charge is -2.29. The average molecular weight is 371 g/mol. The van der Waals surface area contributed by atoms with Crippen LogP contribution in [0.2, 0.25) is 0 Å². The van der Waals surface area contributed by atoms with Crippen LogP contribution in [-0.4, -0.2) is 33.4 Å². The van der Waals surface area contributed by atoms with Gasteiger partial charge in [0.05, 0.1) is 17.6 Å². The third-order valence-corrected chi connectivity index (χ3v) is 5.39. The highest BCUT2D eigenvalue weighted by Crippen LogP contribution is 2.24. The highest BCUT2D eigenvalue weighted by molar-refractivity contribution is 5.93. The number of carbonyl (C=O) groups is 1. The second-order valence-corrected chi connectivity index (χ2v) is 8.49. The maximum Gasteiger partial charge on any atom is 0.224 e. The summed E-state index contributed by atoms with van der Waals surface area (Å²) < 4.78 is 2.35. The minimum absolute atomic E-state index is 0.0694. The number of nitrogens with zero attached hydrogens (tertiary/aromatic N) is 3. The summed E-state index contributed by atoms with van der Waals surface area (Å²) in [6.45, 7) is 12.9. The van der Waals surface area contributed by atoms with Gasteiger partial charge in [-0.2, -0.15) is 0 Å². The van der Waals surface area contributed by atoms with Crippen LogP contribution in [0.5, 0.6) is 0 Å². The van der Waals surface area contributed by atoms with Gasteiger partial charge in [0.25, 0.3) is 0 Å². The van der Waals surface area contributed by atoms with Crippen molar-refractivity contribution < 1.29 is 4.79 Å². The first-order chi connectivity index (χ1) is 13.0. The van der Waals surface area contributed by atoms with Gasteiger partial charge in [-0.3, -0.25) is 9.69 Å². The van der Waals surface area contributed by atoms with Crippen molar-refractivity contribution in [3.05, 3.63) is 24.0 Å². The van der Waals surface area contributed by atoms with E-state index in [2.05, 4.69) is 48.5 Å². The third-order valence-electron chi connectivity index (χ3n) is 5.39. The molecule has 0 aliphatic carbocycles. The van der Waals surface area contributed by atoms with Gasteiger partial charge in [0.2, 0.25) is 5.91 Å². The zero-order valence-electron chi connectivity index (χ0n) is 17.3. The summed E-state index contributed by atoms with van der Waals surface area (Å²) in [6.07, 6.45) is 4.18. The Hall–Kier alpha value is -1.88. The number of hydrogen-bond donors (Lipinski definition) is 1. The molecule has 0 unspecified atom stereocenters. The largest absolute Gasteiger partial charge is 0.327 e. The first-order valence-corrected chi connectivity index (χ1v) is 10.5. The first kappa shape index (κ1) is 19.9. The number of aryl methyl sites for hydroxylation is 1. The molecule has 148 valence electrons. The van der Waals surface area contributed by atoms with Gasteiger partial charge in [0, 0.05) is 18.7 Å². The zero-order valence-corrected chi connectivity index (χ0v) is 17.3. The molecule has 0 saturated carbocycles. The number of carbonyl (C=O) groups excluding carboxylic acids is 1. The highest BCUT2D eigenvalue weighted by Gasteiger charge is 2.19. The Morgan fingerprint density at radius 2 is 2.04 bits per heavy atom. The molecule has 1 aliphatic rings. The minimum Gasteiger partial charge on any atom is -0.327 e. The van der Waals surface area contributed by atoms with Crippen molar-refractivity contribution in [3.63, 3.8) is 0 Å². The molecule has 2 aromatic rings. The summed E-state index contributed by atoms with van der Waals surface area (Å²) in [5.41, 5.74) is 2.98. The molecule has 1 N–H and O–H groups in total. The summed E-state index contributed by atoms with van der Waals surface area (Å²) in [5, 5.41) is 3.01. The fourth-order valence-electron chi connectivity index (χ4n) is 3.85. The van der Waals surface area contributed by atoms with Crippen LogP contribution in [-0.2, 0) is 17.9 Å². The van der Waals surface area contributed by atoms with Crippen molar-refractivity contribution in [2.75, 3.05) is 18.4 Å². The van der Waals surface area contributed by atoms with Crippen LogP contribution in [0.25, 0.3) is 11.0 Å². The van der Waals surface area contributed by atoms with Crippen LogP contribution in [0.1, 0.15) is 59.2 Å². The maximum absolute atomic E-state index is 12.1. The van der Waals surface area contributed by atoms with Crippen LogP contribution < -0.4 is 5.32 Å². The fourth-order valence-corrected chi connectivity index (χ4v) is 3.85. The van der Waals surface area contributed by atoms with E-state index in [0.717, 1.165) is 55.5 Å².